The molecule has 5 heteroatoms. The minimum Gasteiger partial charge on any atom is -0.349 e. The van der Waals surface area contributed by atoms with Gasteiger partial charge in [0.15, 0.2) is 0 Å². The topological polar surface area (TPSA) is 58.2 Å². The average molecular weight is 267 g/mol. The maximum absolute atomic E-state index is 12.0. The van der Waals surface area contributed by atoms with E-state index in [1.54, 1.807) is 31.2 Å². The average Bonchev–Trinajstić information content (AvgIpc) is 3.13. The van der Waals surface area contributed by atoms with Gasteiger partial charge >= 0.3 is 0 Å². The number of para-hydroxylation sites is 1. The second-order valence-corrected chi connectivity index (χ2v) is 5.05. The molecule has 1 aliphatic carbocycles. The molecular formula is C13H15ClN2O2. The van der Waals surface area contributed by atoms with Gasteiger partial charge in [0.1, 0.15) is 5.38 Å². The molecule has 1 atom stereocenters. The predicted octanol–water partition coefficient (Wildman–Crippen LogP) is 2.14. The largest absolute Gasteiger partial charge is 0.349 e. The monoisotopic (exact) mass is 266 g/mol. The Labute approximate surface area is 111 Å². The van der Waals surface area contributed by atoms with Crippen molar-refractivity contribution in [2.75, 3.05) is 5.32 Å². The number of carbonyl (C=O) groups is 2. The van der Waals surface area contributed by atoms with Crippen molar-refractivity contribution in [3.05, 3.63) is 29.8 Å². The molecule has 1 fully saturated rings. The minimum absolute atomic E-state index is 0.157. The number of carbonyl (C=O) groups excluding carboxylic acids is 2. The second kappa shape index (κ2) is 5.40. The molecule has 0 radical (unpaired) electrons. The van der Waals surface area contributed by atoms with Crippen LogP contribution in [0.5, 0.6) is 0 Å². The number of rotatable bonds is 4. The fraction of sp³-hybridized carbons (Fsp3) is 0.385. The summed E-state index contributed by atoms with van der Waals surface area (Å²) in [5, 5.41) is 4.91. The standard InChI is InChI=1S/C13H15ClN2O2/c1-8(14)12(17)16-11-5-3-2-4-10(11)13(18)15-9-6-7-9/h2-5,8-9H,6-7H2,1H3,(H,15,18)(H,16,17). The summed E-state index contributed by atoms with van der Waals surface area (Å²) in [4.78, 5) is 23.5. The number of halogens is 1. The Bertz CT molecular complexity index is 470. The highest BCUT2D eigenvalue weighted by Crippen LogP contribution is 2.21. The number of anilines is 1. The van der Waals surface area contributed by atoms with Crippen LogP contribution in [0.3, 0.4) is 0 Å². The van der Waals surface area contributed by atoms with Crippen molar-refractivity contribution in [2.24, 2.45) is 0 Å². The Morgan fingerprint density at radius 1 is 1.33 bits per heavy atom. The zero-order valence-electron chi connectivity index (χ0n) is 10.1. The first-order valence-electron chi connectivity index (χ1n) is 5.93. The van der Waals surface area contributed by atoms with Crippen LogP contribution in [0.15, 0.2) is 24.3 Å². The first-order valence-corrected chi connectivity index (χ1v) is 6.36. The number of nitrogens with one attached hydrogen (secondary N) is 2. The number of benzene rings is 1. The van der Waals surface area contributed by atoms with Gasteiger partial charge in [-0.3, -0.25) is 9.59 Å². The van der Waals surface area contributed by atoms with Crippen molar-refractivity contribution in [1.29, 1.82) is 0 Å². The smallest absolute Gasteiger partial charge is 0.253 e. The number of alkyl halides is 1. The summed E-state index contributed by atoms with van der Waals surface area (Å²) in [7, 11) is 0. The summed E-state index contributed by atoms with van der Waals surface area (Å²) in [6, 6.07) is 7.20. The highest BCUT2D eigenvalue weighted by Gasteiger charge is 2.25. The van der Waals surface area contributed by atoms with Crippen LogP contribution < -0.4 is 10.6 Å². The predicted molar refractivity (Wildman–Crippen MR) is 70.9 cm³/mol. The number of amides is 2. The second-order valence-electron chi connectivity index (χ2n) is 4.40. The normalized spacial score (nSPS) is 15.9. The molecule has 4 nitrogen and oxygen atoms in total. The molecule has 1 aromatic rings. The van der Waals surface area contributed by atoms with Crippen molar-refractivity contribution >= 4 is 29.1 Å². The minimum atomic E-state index is -0.635. The lowest BCUT2D eigenvalue weighted by Crippen LogP contribution is -2.28. The van der Waals surface area contributed by atoms with Gasteiger partial charge in [-0.05, 0) is 31.9 Å². The van der Waals surface area contributed by atoms with Gasteiger partial charge in [0.05, 0.1) is 11.3 Å². The van der Waals surface area contributed by atoms with Crippen LogP contribution in [0.1, 0.15) is 30.1 Å². The third kappa shape index (κ3) is 3.23. The fourth-order valence-corrected chi connectivity index (χ4v) is 1.57. The van der Waals surface area contributed by atoms with E-state index in [0.717, 1.165) is 12.8 Å². The van der Waals surface area contributed by atoms with E-state index in [0.29, 0.717) is 11.3 Å². The summed E-state index contributed by atoms with van der Waals surface area (Å²) in [5.74, 6) is -0.473. The molecule has 0 spiro atoms. The summed E-state index contributed by atoms with van der Waals surface area (Å²) < 4.78 is 0. The van der Waals surface area contributed by atoms with Crippen molar-refractivity contribution < 1.29 is 9.59 Å². The Morgan fingerprint density at radius 3 is 2.61 bits per heavy atom. The summed E-state index contributed by atoms with van der Waals surface area (Å²) in [6.07, 6.45) is 2.05. The van der Waals surface area contributed by atoms with E-state index in [2.05, 4.69) is 10.6 Å². The maximum Gasteiger partial charge on any atom is 0.253 e. The van der Waals surface area contributed by atoms with Gasteiger partial charge in [-0.1, -0.05) is 12.1 Å². The zero-order chi connectivity index (χ0) is 13.1. The quantitative estimate of drug-likeness (QED) is 0.821. The Balaban J connectivity index is 2.13. The van der Waals surface area contributed by atoms with E-state index in [-0.39, 0.29) is 17.9 Å². The maximum atomic E-state index is 12.0. The van der Waals surface area contributed by atoms with Crippen LogP contribution in [-0.4, -0.2) is 23.2 Å². The number of hydrogen-bond acceptors (Lipinski definition) is 2. The molecule has 0 aromatic heterocycles. The van der Waals surface area contributed by atoms with Crippen LogP contribution in [0.25, 0.3) is 0 Å². The molecule has 0 saturated heterocycles. The molecule has 18 heavy (non-hydrogen) atoms. The van der Waals surface area contributed by atoms with Gasteiger partial charge in [0, 0.05) is 6.04 Å². The molecule has 0 aliphatic heterocycles. The molecule has 2 rings (SSSR count). The molecule has 1 aromatic carbocycles. The summed E-state index contributed by atoms with van der Waals surface area (Å²) in [6.45, 7) is 1.59. The summed E-state index contributed by atoms with van der Waals surface area (Å²) in [5.41, 5.74) is 0.961. The van der Waals surface area contributed by atoms with E-state index in [1.165, 1.54) is 0 Å². The van der Waals surface area contributed by atoms with Crippen molar-refractivity contribution in [3.8, 4) is 0 Å². The third-order valence-corrected chi connectivity index (χ3v) is 2.90. The molecule has 1 saturated carbocycles. The lowest BCUT2D eigenvalue weighted by atomic mass is 10.1. The Morgan fingerprint density at radius 2 is 2.00 bits per heavy atom. The Hall–Kier alpha value is -1.55. The van der Waals surface area contributed by atoms with E-state index in [9.17, 15) is 9.59 Å². The molecule has 0 bridgehead atoms. The zero-order valence-corrected chi connectivity index (χ0v) is 10.8. The van der Waals surface area contributed by atoms with E-state index >= 15 is 0 Å². The van der Waals surface area contributed by atoms with Gasteiger partial charge < -0.3 is 10.6 Å². The molecule has 0 heterocycles. The van der Waals surface area contributed by atoms with Gasteiger partial charge in [-0.2, -0.15) is 0 Å². The molecule has 2 N–H and O–H groups in total. The highest BCUT2D eigenvalue weighted by molar-refractivity contribution is 6.32. The molecular weight excluding hydrogens is 252 g/mol. The molecule has 1 aliphatic rings. The molecule has 2 amide bonds. The van der Waals surface area contributed by atoms with Crippen LogP contribution in [0.2, 0.25) is 0 Å². The third-order valence-electron chi connectivity index (χ3n) is 2.70. The van der Waals surface area contributed by atoms with Crippen molar-refractivity contribution in [1.82, 2.24) is 5.32 Å². The Kier molecular flexibility index (Phi) is 3.87. The fourth-order valence-electron chi connectivity index (χ4n) is 1.51. The number of hydrogen-bond donors (Lipinski definition) is 2. The molecule has 1 unspecified atom stereocenters. The first-order chi connectivity index (χ1) is 8.58. The van der Waals surface area contributed by atoms with Gasteiger partial charge in [-0.15, -0.1) is 11.6 Å². The molecule has 96 valence electrons. The van der Waals surface area contributed by atoms with Crippen LogP contribution in [0, 0.1) is 0 Å². The van der Waals surface area contributed by atoms with Gasteiger partial charge in [-0.25, -0.2) is 0 Å². The van der Waals surface area contributed by atoms with E-state index in [4.69, 9.17) is 11.6 Å². The lowest BCUT2D eigenvalue weighted by Gasteiger charge is -2.11. The van der Waals surface area contributed by atoms with E-state index < -0.39 is 5.38 Å². The van der Waals surface area contributed by atoms with Crippen LogP contribution in [-0.2, 0) is 4.79 Å². The lowest BCUT2D eigenvalue weighted by molar-refractivity contribution is -0.115. The van der Waals surface area contributed by atoms with Gasteiger partial charge in [0.25, 0.3) is 5.91 Å². The van der Waals surface area contributed by atoms with Gasteiger partial charge in [0.2, 0.25) is 5.91 Å². The van der Waals surface area contributed by atoms with Crippen molar-refractivity contribution in [2.45, 2.75) is 31.2 Å². The summed E-state index contributed by atoms with van der Waals surface area (Å²) >= 11 is 5.69. The van der Waals surface area contributed by atoms with Crippen LogP contribution in [0.4, 0.5) is 5.69 Å². The highest BCUT2D eigenvalue weighted by atomic mass is 35.5. The van der Waals surface area contributed by atoms with Crippen LogP contribution >= 0.6 is 11.6 Å². The SMILES string of the molecule is CC(Cl)C(=O)Nc1ccccc1C(=O)NC1CC1. The first kappa shape index (κ1) is 12.9. The van der Waals surface area contributed by atoms with E-state index in [1.807, 2.05) is 0 Å². The van der Waals surface area contributed by atoms with Crippen molar-refractivity contribution in [3.63, 3.8) is 0 Å².